The van der Waals surface area contributed by atoms with Crippen molar-refractivity contribution in [1.82, 2.24) is 0 Å². The Hall–Kier alpha value is -0.810. The van der Waals surface area contributed by atoms with Gasteiger partial charge in [0.05, 0.1) is 10.6 Å². The first kappa shape index (κ1) is 13.3. The van der Waals surface area contributed by atoms with Crippen LogP contribution in [0.25, 0.3) is 0 Å². The number of alkyl halides is 3. The van der Waals surface area contributed by atoms with Gasteiger partial charge in [-0.3, -0.25) is 0 Å². The summed E-state index contributed by atoms with van der Waals surface area (Å²) in [6, 6.07) is 0.609. The van der Waals surface area contributed by atoms with Crippen molar-refractivity contribution in [2.45, 2.75) is 25.6 Å². The molecule has 0 saturated heterocycles. The highest BCUT2D eigenvalue weighted by molar-refractivity contribution is 6.30. The van der Waals surface area contributed by atoms with Crippen LogP contribution in [-0.2, 0) is 6.18 Å². The van der Waals surface area contributed by atoms with Crippen LogP contribution in [0.1, 0.15) is 30.5 Å². The van der Waals surface area contributed by atoms with E-state index >= 15 is 0 Å². The summed E-state index contributed by atoms with van der Waals surface area (Å²) in [6.07, 6.45) is -4.44. The Morgan fingerprint density at radius 3 is 2.38 bits per heavy atom. The van der Waals surface area contributed by atoms with Crippen LogP contribution in [-0.4, -0.2) is 0 Å². The Labute approximate surface area is 95.2 Å². The minimum atomic E-state index is -4.63. The molecular formula is C10H10ClF4N. The molecule has 0 aliphatic heterocycles. The van der Waals surface area contributed by atoms with Crippen molar-refractivity contribution in [3.05, 3.63) is 34.1 Å². The minimum absolute atomic E-state index is 0.195. The molecule has 0 heterocycles. The summed E-state index contributed by atoms with van der Waals surface area (Å²) in [5, 5.41) is -0.355. The third-order valence-electron chi connectivity index (χ3n) is 2.25. The SMILES string of the molecule is CC[C@@H](N)c1c(C(F)(F)F)ccc(Cl)c1F. The smallest absolute Gasteiger partial charge is 0.324 e. The van der Waals surface area contributed by atoms with Crippen LogP contribution < -0.4 is 5.73 Å². The highest BCUT2D eigenvalue weighted by Crippen LogP contribution is 2.38. The zero-order valence-corrected chi connectivity index (χ0v) is 9.16. The van der Waals surface area contributed by atoms with E-state index in [0.717, 1.165) is 12.1 Å². The van der Waals surface area contributed by atoms with Gasteiger partial charge in [0.1, 0.15) is 5.82 Å². The van der Waals surface area contributed by atoms with Gasteiger partial charge < -0.3 is 5.73 Å². The Bertz CT molecular complexity index is 389. The summed E-state index contributed by atoms with van der Waals surface area (Å²) < 4.78 is 51.3. The second-order valence-corrected chi connectivity index (χ2v) is 3.74. The lowest BCUT2D eigenvalue weighted by Gasteiger charge is -2.18. The molecule has 16 heavy (non-hydrogen) atoms. The first-order valence-electron chi connectivity index (χ1n) is 4.59. The minimum Gasteiger partial charge on any atom is -0.324 e. The molecule has 0 amide bonds. The van der Waals surface area contributed by atoms with E-state index in [9.17, 15) is 17.6 Å². The van der Waals surface area contributed by atoms with Crippen LogP contribution in [0.4, 0.5) is 17.6 Å². The summed E-state index contributed by atoms with van der Waals surface area (Å²) in [6.45, 7) is 1.57. The number of benzene rings is 1. The van der Waals surface area contributed by atoms with Crippen LogP contribution in [0, 0.1) is 5.82 Å². The highest BCUT2D eigenvalue weighted by atomic mass is 35.5. The molecule has 1 aromatic carbocycles. The van der Waals surface area contributed by atoms with Gasteiger partial charge in [-0.1, -0.05) is 18.5 Å². The lowest BCUT2D eigenvalue weighted by atomic mass is 9.98. The van der Waals surface area contributed by atoms with Gasteiger partial charge in [-0.05, 0) is 18.6 Å². The van der Waals surface area contributed by atoms with E-state index in [1.54, 1.807) is 6.92 Å². The number of hydrogen-bond acceptors (Lipinski definition) is 1. The quantitative estimate of drug-likeness (QED) is 0.797. The molecule has 1 atom stereocenters. The van der Waals surface area contributed by atoms with E-state index in [2.05, 4.69) is 0 Å². The number of rotatable bonds is 2. The molecule has 6 heteroatoms. The maximum absolute atomic E-state index is 13.5. The highest BCUT2D eigenvalue weighted by Gasteiger charge is 2.36. The molecule has 2 N–H and O–H groups in total. The summed E-state index contributed by atoms with van der Waals surface area (Å²) in [4.78, 5) is 0. The number of halogens is 5. The number of nitrogens with two attached hydrogens (primary N) is 1. The molecule has 0 spiro atoms. The zero-order valence-electron chi connectivity index (χ0n) is 8.41. The van der Waals surface area contributed by atoms with Crippen molar-refractivity contribution < 1.29 is 17.6 Å². The predicted octanol–water partition coefficient (Wildman–Crippen LogP) is 3.91. The first-order valence-corrected chi connectivity index (χ1v) is 4.97. The molecule has 1 nitrogen and oxygen atoms in total. The summed E-state index contributed by atoms with van der Waals surface area (Å²) >= 11 is 5.44. The average Bonchev–Trinajstić information content (AvgIpc) is 2.19. The van der Waals surface area contributed by atoms with Gasteiger partial charge in [0.2, 0.25) is 0 Å². The second kappa shape index (κ2) is 4.59. The van der Waals surface area contributed by atoms with Crippen LogP contribution in [0.3, 0.4) is 0 Å². The maximum Gasteiger partial charge on any atom is 0.416 e. The molecule has 0 radical (unpaired) electrons. The first-order chi connectivity index (χ1) is 7.29. The molecule has 0 aliphatic rings. The fourth-order valence-electron chi connectivity index (χ4n) is 1.38. The van der Waals surface area contributed by atoms with E-state index in [-0.39, 0.29) is 11.4 Å². The lowest BCUT2D eigenvalue weighted by molar-refractivity contribution is -0.138. The Morgan fingerprint density at radius 2 is 1.94 bits per heavy atom. The standard InChI is InChI=1S/C10H10ClF4N/c1-2-7(16)8-5(10(13,14)15)3-4-6(11)9(8)12/h3-4,7H,2,16H2,1H3/t7-/m1/s1. The number of hydrogen-bond donors (Lipinski definition) is 1. The van der Waals surface area contributed by atoms with Gasteiger partial charge in [0.15, 0.2) is 0 Å². The molecule has 90 valence electrons. The van der Waals surface area contributed by atoms with Gasteiger partial charge in [-0.25, -0.2) is 4.39 Å². The predicted molar refractivity (Wildman–Crippen MR) is 53.6 cm³/mol. The Balaban J connectivity index is 3.45. The monoisotopic (exact) mass is 255 g/mol. The largest absolute Gasteiger partial charge is 0.416 e. The van der Waals surface area contributed by atoms with Gasteiger partial charge in [-0.15, -0.1) is 0 Å². The van der Waals surface area contributed by atoms with E-state index in [0.29, 0.717) is 0 Å². The third kappa shape index (κ3) is 2.47. The van der Waals surface area contributed by atoms with Crippen molar-refractivity contribution in [2.75, 3.05) is 0 Å². The zero-order chi connectivity index (χ0) is 12.5. The third-order valence-corrected chi connectivity index (χ3v) is 2.54. The van der Waals surface area contributed by atoms with Crippen molar-refractivity contribution in [3.63, 3.8) is 0 Å². The van der Waals surface area contributed by atoms with E-state index in [1.165, 1.54) is 0 Å². The van der Waals surface area contributed by atoms with Gasteiger partial charge in [-0.2, -0.15) is 13.2 Å². The van der Waals surface area contributed by atoms with Crippen molar-refractivity contribution >= 4 is 11.6 Å². The molecule has 0 aromatic heterocycles. The van der Waals surface area contributed by atoms with Crippen LogP contribution in [0.5, 0.6) is 0 Å². The van der Waals surface area contributed by atoms with Crippen LogP contribution in [0.15, 0.2) is 12.1 Å². The van der Waals surface area contributed by atoms with Crippen LogP contribution in [0.2, 0.25) is 5.02 Å². The van der Waals surface area contributed by atoms with Crippen molar-refractivity contribution in [3.8, 4) is 0 Å². The molecule has 1 aromatic rings. The molecular weight excluding hydrogens is 246 g/mol. The van der Waals surface area contributed by atoms with Gasteiger partial charge in [0, 0.05) is 11.6 Å². The maximum atomic E-state index is 13.5. The molecule has 0 unspecified atom stereocenters. The topological polar surface area (TPSA) is 26.0 Å². The van der Waals surface area contributed by atoms with E-state index in [4.69, 9.17) is 17.3 Å². The fourth-order valence-corrected chi connectivity index (χ4v) is 1.54. The van der Waals surface area contributed by atoms with Crippen LogP contribution >= 0.6 is 11.6 Å². The second-order valence-electron chi connectivity index (χ2n) is 3.34. The summed E-state index contributed by atoms with van der Waals surface area (Å²) in [7, 11) is 0. The lowest BCUT2D eigenvalue weighted by Crippen LogP contribution is -2.19. The molecule has 0 aliphatic carbocycles. The average molecular weight is 256 g/mol. The molecule has 0 saturated carbocycles. The van der Waals surface area contributed by atoms with E-state index < -0.39 is 29.2 Å². The van der Waals surface area contributed by atoms with Crippen molar-refractivity contribution in [2.24, 2.45) is 5.73 Å². The summed E-state index contributed by atoms with van der Waals surface area (Å²) in [5.74, 6) is -1.09. The molecule has 0 fully saturated rings. The molecule has 1 rings (SSSR count). The van der Waals surface area contributed by atoms with Gasteiger partial charge >= 0.3 is 6.18 Å². The molecule has 0 bridgehead atoms. The fraction of sp³-hybridized carbons (Fsp3) is 0.400. The Kier molecular flexibility index (Phi) is 3.80. The summed E-state index contributed by atoms with van der Waals surface area (Å²) in [5.41, 5.74) is 3.83. The van der Waals surface area contributed by atoms with E-state index in [1.807, 2.05) is 0 Å². The van der Waals surface area contributed by atoms with Crippen molar-refractivity contribution in [1.29, 1.82) is 0 Å². The Morgan fingerprint density at radius 1 is 1.38 bits per heavy atom. The van der Waals surface area contributed by atoms with Gasteiger partial charge in [0.25, 0.3) is 0 Å². The normalized spacial score (nSPS) is 13.9.